The molecule has 46 valence electrons. The Hall–Kier alpha value is -0.550. The molecule has 0 aromatic rings. The third-order valence-corrected chi connectivity index (χ3v) is 1.51. The Balaban J connectivity index is 0.000000640. The molecule has 1 N–H and O–H groups in total. The zero-order valence-electron chi connectivity index (χ0n) is 5.02. The third-order valence-electron chi connectivity index (χ3n) is 1.51. The van der Waals surface area contributed by atoms with Gasteiger partial charge in [0.2, 0.25) is 0 Å². The SMILES string of the molecule is C[C@H]1CN[C@@H](C#N)C1.[HH]. The molecule has 0 bridgehead atoms. The average Bonchev–Trinajstić information content (AvgIpc) is 2.14. The fraction of sp³-hybridized carbons (Fsp3) is 0.833. The molecular formula is C6H12N2. The second-order valence-corrected chi connectivity index (χ2v) is 2.43. The van der Waals surface area contributed by atoms with E-state index in [2.05, 4.69) is 18.3 Å². The zero-order valence-corrected chi connectivity index (χ0v) is 5.02. The second kappa shape index (κ2) is 2.15. The Kier molecular flexibility index (Phi) is 1.50. The Morgan fingerprint density at radius 1 is 1.88 bits per heavy atom. The summed E-state index contributed by atoms with van der Waals surface area (Å²) in [6.45, 7) is 3.17. The molecular weight excluding hydrogens is 100 g/mol. The van der Waals surface area contributed by atoms with Crippen molar-refractivity contribution in [1.29, 1.82) is 5.26 Å². The molecule has 1 saturated heterocycles. The van der Waals surface area contributed by atoms with Crippen molar-refractivity contribution in [3.63, 3.8) is 0 Å². The minimum Gasteiger partial charge on any atom is -0.302 e. The highest BCUT2D eigenvalue weighted by atomic mass is 14.9. The van der Waals surface area contributed by atoms with Crippen LogP contribution in [0.3, 0.4) is 0 Å². The standard InChI is InChI=1S/C6H10N2.H2/c1-5-2-6(3-7)8-4-5;/h5-6,8H,2,4H2,1H3;1H/t5-,6-;/m1./s1. The van der Waals surface area contributed by atoms with Crippen molar-refractivity contribution < 1.29 is 1.43 Å². The first-order valence-electron chi connectivity index (χ1n) is 2.96. The van der Waals surface area contributed by atoms with Crippen LogP contribution < -0.4 is 5.32 Å². The van der Waals surface area contributed by atoms with Crippen LogP contribution in [0.4, 0.5) is 0 Å². The van der Waals surface area contributed by atoms with Crippen molar-refractivity contribution in [2.24, 2.45) is 5.92 Å². The Morgan fingerprint density at radius 3 is 2.88 bits per heavy atom. The van der Waals surface area contributed by atoms with Crippen LogP contribution in [0.1, 0.15) is 14.8 Å². The van der Waals surface area contributed by atoms with Crippen LogP contribution in [-0.2, 0) is 0 Å². The number of nitrogens with one attached hydrogen (secondary N) is 1. The molecule has 0 aromatic heterocycles. The van der Waals surface area contributed by atoms with Crippen molar-refractivity contribution in [3.05, 3.63) is 0 Å². The molecule has 2 heteroatoms. The Morgan fingerprint density at radius 2 is 2.62 bits per heavy atom. The van der Waals surface area contributed by atoms with Gasteiger partial charge in [-0.3, -0.25) is 0 Å². The van der Waals surface area contributed by atoms with Crippen molar-refractivity contribution in [1.82, 2.24) is 5.32 Å². The molecule has 0 radical (unpaired) electrons. The van der Waals surface area contributed by atoms with Gasteiger partial charge in [0.25, 0.3) is 0 Å². The van der Waals surface area contributed by atoms with Gasteiger partial charge in [-0.25, -0.2) is 0 Å². The van der Waals surface area contributed by atoms with E-state index in [1.807, 2.05) is 0 Å². The smallest absolute Gasteiger partial charge is 0.0956 e. The van der Waals surface area contributed by atoms with Crippen molar-refractivity contribution in [3.8, 4) is 6.07 Å². The maximum absolute atomic E-state index is 8.37. The van der Waals surface area contributed by atoms with Gasteiger partial charge in [0, 0.05) is 1.43 Å². The van der Waals surface area contributed by atoms with Crippen molar-refractivity contribution in [2.45, 2.75) is 19.4 Å². The van der Waals surface area contributed by atoms with E-state index < -0.39 is 0 Å². The molecule has 1 aliphatic heterocycles. The lowest BCUT2D eigenvalue weighted by molar-refractivity contribution is 0.643. The molecule has 1 heterocycles. The molecule has 2 atom stereocenters. The van der Waals surface area contributed by atoms with Crippen LogP contribution in [0.2, 0.25) is 0 Å². The maximum Gasteiger partial charge on any atom is 0.0956 e. The highest BCUT2D eigenvalue weighted by Gasteiger charge is 2.18. The summed E-state index contributed by atoms with van der Waals surface area (Å²) in [6, 6.07) is 2.31. The van der Waals surface area contributed by atoms with Gasteiger partial charge in [0.05, 0.1) is 12.1 Å². The first kappa shape index (κ1) is 5.58. The quantitative estimate of drug-likeness (QED) is 0.502. The molecule has 0 unspecified atom stereocenters. The van der Waals surface area contributed by atoms with Gasteiger partial charge in [-0.05, 0) is 18.9 Å². The van der Waals surface area contributed by atoms with Crippen LogP contribution in [-0.4, -0.2) is 12.6 Å². The fourth-order valence-corrected chi connectivity index (χ4v) is 1.01. The number of hydrogen-bond donors (Lipinski definition) is 1. The molecule has 0 aromatic carbocycles. The van der Waals surface area contributed by atoms with E-state index in [0.717, 1.165) is 13.0 Å². The van der Waals surface area contributed by atoms with Crippen LogP contribution in [0.5, 0.6) is 0 Å². The third kappa shape index (κ3) is 0.988. The van der Waals surface area contributed by atoms with Crippen LogP contribution in [0, 0.1) is 17.2 Å². The summed E-state index contributed by atoms with van der Waals surface area (Å²) in [5.74, 6) is 0.694. The summed E-state index contributed by atoms with van der Waals surface area (Å²) in [4.78, 5) is 0. The van der Waals surface area contributed by atoms with E-state index >= 15 is 0 Å². The predicted molar refractivity (Wildman–Crippen MR) is 33.3 cm³/mol. The molecule has 0 amide bonds. The molecule has 1 rings (SSSR count). The highest BCUT2D eigenvalue weighted by molar-refractivity contribution is 4.95. The van der Waals surface area contributed by atoms with E-state index in [1.165, 1.54) is 0 Å². The number of nitrogens with zero attached hydrogens (tertiary/aromatic N) is 1. The predicted octanol–water partition coefficient (Wildman–Crippen LogP) is 0.754. The minimum absolute atomic E-state index is 0. The first-order valence-corrected chi connectivity index (χ1v) is 2.96. The minimum atomic E-state index is 0. The molecule has 2 nitrogen and oxygen atoms in total. The lowest BCUT2D eigenvalue weighted by atomic mass is 10.1. The summed E-state index contributed by atoms with van der Waals surface area (Å²) in [7, 11) is 0. The molecule has 0 spiro atoms. The Bertz CT molecular complexity index is 119. The lowest BCUT2D eigenvalue weighted by Gasteiger charge is -1.93. The van der Waals surface area contributed by atoms with Gasteiger partial charge in [-0.1, -0.05) is 6.92 Å². The van der Waals surface area contributed by atoms with E-state index in [4.69, 9.17) is 5.26 Å². The number of hydrogen-bond acceptors (Lipinski definition) is 2. The topological polar surface area (TPSA) is 35.8 Å². The summed E-state index contributed by atoms with van der Waals surface area (Å²) < 4.78 is 0. The second-order valence-electron chi connectivity index (χ2n) is 2.43. The Labute approximate surface area is 51.0 Å². The van der Waals surface area contributed by atoms with Gasteiger partial charge in [-0.2, -0.15) is 5.26 Å². The van der Waals surface area contributed by atoms with Crippen LogP contribution in [0.15, 0.2) is 0 Å². The average molecular weight is 112 g/mol. The van der Waals surface area contributed by atoms with Crippen molar-refractivity contribution >= 4 is 0 Å². The van der Waals surface area contributed by atoms with Gasteiger partial charge >= 0.3 is 0 Å². The number of rotatable bonds is 0. The van der Waals surface area contributed by atoms with Crippen LogP contribution >= 0.6 is 0 Å². The van der Waals surface area contributed by atoms with E-state index in [1.54, 1.807) is 0 Å². The molecule has 8 heavy (non-hydrogen) atoms. The molecule has 1 fully saturated rings. The summed E-state index contributed by atoms with van der Waals surface area (Å²) in [6.07, 6.45) is 1.02. The van der Waals surface area contributed by atoms with E-state index in [-0.39, 0.29) is 7.47 Å². The lowest BCUT2D eigenvalue weighted by Crippen LogP contribution is -2.18. The highest BCUT2D eigenvalue weighted by Crippen LogP contribution is 2.10. The fourth-order valence-electron chi connectivity index (χ4n) is 1.01. The van der Waals surface area contributed by atoms with Crippen LogP contribution in [0.25, 0.3) is 0 Å². The summed E-state index contributed by atoms with van der Waals surface area (Å²) in [5, 5.41) is 11.5. The van der Waals surface area contributed by atoms with E-state index in [9.17, 15) is 0 Å². The molecule has 1 aliphatic rings. The molecule has 0 aliphatic carbocycles. The summed E-state index contributed by atoms with van der Waals surface area (Å²) in [5.41, 5.74) is 0. The van der Waals surface area contributed by atoms with Gasteiger partial charge in [0.15, 0.2) is 0 Å². The van der Waals surface area contributed by atoms with Gasteiger partial charge in [-0.15, -0.1) is 0 Å². The first-order chi connectivity index (χ1) is 3.83. The van der Waals surface area contributed by atoms with E-state index in [0.29, 0.717) is 5.92 Å². The maximum atomic E-state index is 8.37. The normalized spacial score (nSPS) is 37.0. The zero-order chi connectivity index (χ0) is 5.98. The van der Waals surface area contributed by atoms with Crippen molar-refractivity contribution in [2.75, 3.05) is 6.54 Å². The monoisotopic (exact) mass is 112 g/mol. The largest absolute Gasteiger partial charge is 0.302 e. The summed E-state index contributed by atoms with van der Waals surface area (Å²) >= 11 is 0. The van der Waals surface area contributed by atoms with Gasteiger partial charge in [0.1, 0.15) is 0 Å². The van der Waals surface area contributed by atoms with Gasteiger partial charge < -0.3 is 5.32 Å². The molecule has 0 saturated carbocycles. The number of nitriles is 1.